The largest absolute Gasteiger partial charge is 0.323 e. The fraction of sp³-hybridized carbons (Fsp3) is 0.526. The van der Waals surface area contributed by atoms with E-state index in [9.17, 15) is 0 Å². The molecule has 0 saturated carbocycles. The van der Waals surface area contributed by atoms with Crippen LogP contribution in [0.2, 0.25) is 0 Å². The molecule has 1 fully saturated rings. The maximum absolute atomic E-state index is 4.95. The Balaban J connectivity index is 0.00000192. The maximum Gasteiger partial charge on any atom is 0.127 e. The van der Waals surface area contributed by atoms with E-state index in [0.29, 0.717) is 6.04 Å². The number of rotatable bonds is 4. The molecule has 0 spiro atoms. The highest BCUT2D eigenvalue weighted by atomic mass is 35.5. The van der Waals surface area contributed by atoms with Gasteiger partial charge in [0.1, 0.15) is 5.82 Å². The van der Waals surface area contributed by atoms with Crippen LogP contribution in [-0.2, 0) is 6.54 Å². The van der Waals surface area contributed by atoms with E-state index in [1.165, 1.54) is 55.7 Å². The summed E-state index contributed by atoms with van der Waals surface area (Å²) in [6.45, 7) is 11.7. The van der Waals surface area contributed by atoms with Crippen molar-refractivity contribution in [3.63, 3.8) is 0 Å². The summed E-state index contributed by atoms with van der Waals surface area (Å²) in [5.41, 5.74) is 3.50. The number of fused-ring (bicyclic) bond motifs is 1. The second kappa shape index (κ2) is 7.98. The maximum atomic E-state index is 4.95. The normalized spacial score (nSPS) is 17.5. The van der Waals surface area contributed by atoms with E-state index in [2.05, 4.69) is 54.2 Å². The summed E-state index contributed by atoms with van der Waals surface area (Å²) in [5.74, 6) is 1.19. The molecular weight excluding hydrogens is 306 g/mol. The molecule has 0 N–H and O–H groups in total. The Kier molecular flexibility index (Phi) is 6.25. The molecule has 3 nitrogen and oxygen atoms in total. The number of benzene rings is 1. The minimum atomic E-state index is 0. The highest BCUT2D eigenvalue weighted by Crippen LogP contribution is 2.27. The average molecular weight is 334 g/mol. The minimum absolute atomic E-state index is 0. The van der Waals surface area contributed by atoms with Crippen molar-refractivity contribution in [2.24, 2.45) is 0 Å². The third-order valence-electron chi connectivity index (χ3n) is 4.67. The number of hydrogen-bond acceptors (Lipinski definition) is 2. The molecule has 2 heterocycles. The zero-order valence-electron chi connectivity index (χ0n) is 14.3. The predicted molar refractivity (Wildman–Crippen MR) is 100 cm³/mol. The number of nitrogens with zero attached hydrogens (tertiary/aromatic N) is 3. The summed E-state index contributed by atoms with van der Waals surface area (Å²) >= 11 is 0. The lowest BCUT2D eigenvalue weighted by atomic mass is 10.2. The quantitative estimate of drug-likeness (QED) is 0.736. The lowest BCUT2D eigenvalue weighted by Crippen LogP contribution is -2.30. The molecule has 0 radical (unpaired) electrons. The zero-order chi connectivity index (χ0) is 15.5. The fourth-order valence-electron chi connectivity index (χ4n) is 3.49. The highest BCUT2D eigenvalue weighted by molar-refractivity contribution is 5.85. The molecule has 126 valence electrons. The molecule has 23 heavy (non-hydrogen) atoms. The standard InChI is InChI=1S/C19H27N3.ClH/c1-15(2)14-22-18-11-7-6-10-17(18)20-19(22)16(3)21-12-8-4-5-9-13-21;/h6-7,10-11,16H,1,4-5,8-9,12-14H2,2-3H3;1H. The molecule has 1 aromatic heterocycles. The molecule has 4 heteroatoms. The van der Waals surface area contributed by atoms with Crippen molar-refractivity contribution < 1.29 is 0 Å². The van der Waals surface area contributed by atoms with E-state index in [1.807, 2.05) is 0 Å². The topological polar surface area (TPSA) is 21.1 Å². The van der Waals surface area contributed by atoms with E-state index >= 15 is 0 Å². The molecule has 1 aliphatic rings. The Morgan fingerprint density at radius 3 is 2.48 bits per heavy atom. The van der Waals surface area contributed by atoms with Gasteiger partial charge in [-0.25, -0.2) is 4.98 Å². The number of hydrogen-bond donors (Lipinski definition) is 0. The van der Waals surface area contributed by atoms with Crippen molar-refractivity contribution in [2.75, 3.05) is 13.1 Å². The molecule has 1 saturated heterocycles. The Hall–Kier alpha value is -1.32. The van der Waals surface area contributed by atoms with Gasteiger partial charge in [0.15, 0.2) is 0 Å². The van der Waals surface area contributed by atoms with E-state index in [1.54, 1.807) is 0 Å². The molecule has 1 atom stereocenters. The molecule has 0 aliphatic carbocycles. The summed E-state index contributed by atoms with van der Waals surface area (Å²) in [5, 5.41) is 0. The van der Waals surface area contributed by atoms with Crippen molar-refractivity contribution in [1.29, 1.82) is 0 Å². The minimum Gasteiger partial charge on any atom is -0.323 e. The van der Waals surface area contributed by atoms with Gasteiger partial charge in [-0.15, -0.1) is 12.4 Å². The van der Waals surface area contributed by atoms with Gasteiger partial charge in [-0.3, -0.25) is 4.90 Å². The highest BCUT2D eigenvalue weighted by Gasteiger charge is 2.23. The van der Waals surface area contributed by atoms with Crippen molar-refractivity contribution in [1.82, 2.24) is 14.5 Å². The van der Waals surface area contributed by atoms with Crippen LogP contribution in [-0.4, -0.2) is 27.5 Å². The van der Waals surface area contributed by atoms with Crippen LogP contribution in [0.15, 0.2) is 36.4 Å². The zero-order valence-corrected chi connectivity index (χ0v) is 15.1. The van der Waals surface area contributed by atoms with Crippen LogP contribution in [0.1, 0.15) is 51.4 Å². The fourth-order valence-corrected chi connectivity index (χ4v) is 3.49. The van der Waals surface area contributed by atoms with E-state index in [0.717, 1.165) is 12.1 Å². The molecule has 1 aromatic carbocycles. The first-order valence-electron chi connectivity index (χ1n) is 8.50. The van der Waals surface area contributed by atoms with Gasteiger partial charge in [-0.1, -0.05) is 37.1 Å². The van der Waals surface area contributed by atoms with Crippen LogP contribution in [0.3, 0.4) is 0 Å². The number of para-hydroxylation sites is 2. The summed E-state index contributed by atoms with van der Waals surface area (Å²) in [7, 11) is 0. The second-order valence-corrected chi connectivity index (χ2v) is 6.63. The number of imidazole rings is 1. The smallest absolute Gasteiger partial charge is 0.127 e. The summed E-state index contributed by atoms with van der Waals surface area (Å²) < 4.78 is 2.35. The molecule has 1 aliphatic heterocycles. The third kappa shape index (κ3) is 3.96. The van der Waals surface area contributed by atoms with Gasteiger partial charge < -0.3 is 4.57 Å². The lowest BCUT2D eigenvalue weighted by molar-refractivity contribution is 0.208. The molecule has 0 bridgehead atoms. The van der Waals surface area contributed by atoms with Crippen molar-refractivity contribution in [3.05, 3.63) is 42.2 Å². The van der Waals surface area contributed by atoms with Crippen LogP contribution in [0.4, 0.5) is 0 Å². The van der Waals surface area contributed by atoms with Crippen molar-refractivity contribution in [2.45, 2.75) is 52.1 Å². The Morgan fingerprint density at radius 1 is 1.17 bits per heavy atom. The molecule has 3 rings (SSSR count). The van der Waals surface area contributed by atoms with E-state index in [4.69, 9.17) is 4.98 Å². The van der Waals surface area contributed by atoms with Crippen LogP contribution >= 0.6 is 12.4 Å². The van der Waals surface area contributed by atoms with Gasteiger partial charge in [0, 0.05) is 6.54 Å². The summed E-state index contributed by atoms with van der Waals surface area (Å²) in [6.07, 6.45) is 5.35. The van der Waals surface area contributed by atoms with Crippen LogP contribution in [0.25, 0.3) is 11.0 Å². The number of aromatic nitrogens is 2. The van der Waals surface area contributed by atoms with Gasteiger partial charge in [0.2, 0.25) is 0 Å². The first-order chi connectivity index (χ1) is 10.7. The number of allylic oxidation sites excluding steroid dienone is 1. The van der Waals surface area contributed by atoms with Gasteiger partial charge in [0.25, 0.3) is 0 Å². The van der Waals surface area contributed by atoms with Gasteiger partial charge in [0.05, 0.1) is 17.1 Å². The first kappa shape index (κ1) is 18.0. The van der Waals surface area contributed by atoms with Gasteiger partial charge in [-0.2, -0.15) is 0 Å². The Labute approximate surface area is 145 Å². The SMILES string of the molecule is C=C(C)Cn1c(C(C)N2CCCCCC2)nc2ccccc21.Cl. The third-order valence-corrected chi connectivity index (χ3v) is 4.67. The molecule has 1 unspecified atom stereocenters. The number of likely N-dealkylation sites (tertiary alicyclic amines) is 1. The second-order valence-electron chi connectivity index (χ2n) is 6.63. The molecular formula is C19H28ClN3. The van der Waals surface area contributed by atoms with E-state index in [-0.39, 0.29) is 12.4 Å². The van der Waals surface area contributed by atoms with Crippen LogP contribution in [0.5, 0.6) is 0 Å². The Bertz CT molecular complexity index is 654. The monoisotopic (exact) mass is 333 g/mol. The first-order valence-corrected chi connectivity index (χ1v) is 8.50. The van der Waals surface area contributed by atoms with Crippen molar-refractivity contribution in [3.8, 4) is 0 Å². The summed E-state index contributed by atoms with van der Waals surface area (Å²) in [4.78, 5) is 7.55. The van der Waals surface area contributed by atoms with Gasteiger partial charge in [-0.05, 0) is 51.9 Å². The summed E-state index contributed by atoms with van der Waals surface area (Å²) in [6, 6.07) is 8.82. The Morgan fingerprint density at radius 2 is 1.83 bits per heavy atom. The van der Waals surface area contributed by atoms with Crippen LogP contribution in [0, 0.1) is 0 Å². The van der Waals surface area contributed by atoms with Crippen LogP contribution < -0.4 is 0 Å². The van der Waals surface area contributed by atoms with E-state index < -0.39 is 0 Å². The van der Waals surface area contributed by atoms with Gasteiger partial charge >= 0.3 is 0 Å². The lowest BCUT2D eigenvalue weighted by Gasteiger charge is -2.27. The predicted octanol–water partition coefficient (Wildman–Crippen LogP) is 4.97. The molecule has 0 amide bonds. The molecule has 2 aromatic rings. The number of halogens is 1. The van der Waals surface area contributed by atoms with Crippen molar-refractivity contribution >= 4 is 23.4 Å². The average Bonchev–Trinajstić information content (AvgIpc) is 2.70.